The minimum absolute atomic E-state index is 0.0570. The average molecular weight is 253 g/mol. The highest BCUT2D eigenvalue weighted by molar-refractivity contribution is 6.32. The molecule has 17 heavy (non-hydrogen) atoms. The number of amides is 1. The largest absolute Gasteiger partial charge is 0.506 e. The average Bonchev–Trinajstić information content (AvgIpc) is 2.82. The SMILES string of the molecule is O=C(NCc1ncn[nH]1)c1ccc(O)c(Cl)c1. The number of benzene rings is 1. The number of halogens is 1. The first-order valence-electron chi connectivity index (χ1n) is 4.78. The summed E-state index contributed by atoms with van der Waals surface area (Å²) in [4.78, 5) is 15.6. The highest BCUT2D eigenvalue weighted by atomic mass is 35.5. The van der Waals surface area contributed by atoms with E-state index in [1.54, 1.807) is 0 Å². The predicted octanol–water partition coefficient (Wildman–Crippen LogP) is 1.09. The van der Waals surface area contributed by atoms with E-state index >= 15 is 0 Å². The summed E-state index contributed by atoms with van der Waals surface area (Å²) < 4.78 is 0. The predicted molar refractivity (Wildman–Crippen MR) is 60.7 cm³/mol. The molecular formula is C10H9ClN4O2. The number of aromatic amines is 1. The van der Waals surface area contributed by atoms with Crippen LogP contribution in [0.4, 0.5) is 0 Å². The van der Waals surface area contributed by atoms with Crippen LogP contribution < -0.4 is 5.32 Å². The van der Waals surface area contributed by atoms with E-state index in [0.29, 0.717) is 11.4 Å². The number of nitrogens with one attached hydrogen (secondary N) is 2. The van der Waals surface area contributed by atoms with E-state index in [4.69, 9.17) is 11.6 Å². The molecule has 0 radical (unpaired) electrons. The van der Waals surface area contributed by atoms with Crippen LogP contribution in [0.25, 0.3) is 0 Å². The van der Waals surface area contributed by atoms with Crippen LogP contribution in [0.2, 0.25) is 5.02 Å². The van der Waals surface area contributed by atoms with Gasteiger partial charge in [0.15, 0.2) is 0 Å². The Balaban J connectivity index is 2.02. The summed E-state index contributed by atoms with van der Waals surface area (Å²) in [5.74, 6) is 0.199. The molecule has 0 unspecified atom stereocenters. The molecule has 0 aliphatic heterocycles. The topological polar surface area (TPSA) is 90.9 Å². The molecule has 1 amide bonds. The lowest BCUT2D eigenvalue weighted by Gasteiger charge is -2.04. The maximum Gasteiger partial charge on any atom is 0.251 e. The van der Waals surface area contributed by atoms with Crippen molar-refractivity contribution in [2.24, 2.45) is 0 Å². The summed E-state index contributed by atoms with van der Waals surface area (Å²) in [7, 11) is 0. The number of aromatic hydroxyl groups is 1. The number of nitrogens with zero attached hydrogens (tertiary/aromatic N) is 2. The molecule has 6 nitrogen and oxygen atoms in total. The number of carbonyl (C=O) groups is 1. The van der Waals surface area contributed by atoms with Crippen molar-refractivity contribution in [2.45, 2.75) is 6.54 Å². The van der Waals surface area contributed by atoms with Crippen LogP contribution in [-0.2, 0) is 6.54 Å². The van der Waals surface area contributed by atoms with Crippen LogP contribution in [0, 0.1) is 0 Å². The molecule has 0 bridgehead atoms. The monoisotopic (exact) mass is 252 g/mol. The smallest absolute Gasteiger partial charge is 0.251 e. The molecule has 3 N–H and O–H groups in total. The molecule has 2 rings (SSSR count). The standard InChI is InChI=1S/C10H9ClN4O2/c11-7-3-6(1-2-8(7)16)10(17)12-4-9-13-5-14-15-9/h1-3,5,16H,4H2,(H,12,17)(H,13,14,15). The number of carbonyl (C=O) groups excluding carboxylic acids is 1. The second-order valence-corrected chi connectivity index (χ2v) is 3.69. The van der Waals surface area contributed by atoms with E-state index < -0.39 is 0 Å². The lowest BCUT2D eigenvalue weighted by molar-refractivity contribution is 0.0950. The van der Waals surface area contributed by atoms with E-state index in [0.717, 1.165) is 0 Å². The van der Waals surface area contributed by atoms with Gasteiger partial charge in [0, 0.05) is 5.56 Å². The Hall–Kier alpha value is -2.08. The fourth-order valence-corrected chi connectivity index (χ4v) is 1.41. The first-order valence-corrected chi connectivity index (χ1v) is 5.15. The molecule has 2 aromatic rings. The number of phenols is 1. The molecule has 0 fully saturated rings. The third-order valence-electron chi connectivity index (χ3n) is 2.09. The summed E-state index contributed by atoms with van der Waals surface area (Å²) in [6.07, 6.45) is 1.36. The Morgan fingerprint density at radius 2 is 2.35 bits per heavy atom. The maximum atomic E-state index is 11.7. The Kier molecular flexibility index (Phi) is 3.24. The van der Waals surface area contributed by atoms with Crippen molar-refractivity contribution < 1.29 is 9.90 Å². The molecular weight excluding hydrogens is 244 g/mol. The zero-order chi connectivity index (χ0) is 12.3. The molecule has 0 aliphatic rings. The highest BCUT2D eigenvalue weighted by Crippen LogP contribution is 2.23. The van der Waals surface area contributed by atoms with Gasteiger partial charge in [-0.15, -0.1) is 0 Å². The van der Waals surface area contributed by atoms with Gasteiger partial charge in [-0.3, -0.25) is 9.89 Å². The van der Waals surface area contributed by atoms with Gasteiger partial charge in [-0.1, -0.05) is 11.6 Å². The van der Waals surface area contributed by atoms with Gasteiger partial charge in [0.25, 0.3) is 5.91 Å². The van der Waals surface area contributed by atoms with Gasteiger partial charge in [-0.2, -0.15) is 5.10 Å². The van der Waals surface area contributed by atoms with Crippen molar-refractivity contribution >= 4 is 17.5 Å². The second kappa shape index (κ2) is 4.84. The highest BCUT2D eigenvalue weighted by Gasteiger charge is 2.08. The summed E-state index contributed by atoms with van der Waals surface area (Å²) in [6.45, 7) is 0.247. The second-order valence-electron chi connectivity index (χ2n) is 3.28. The first kappa shape index (κ1) is 11.4. The zero-order valence-electron chi connectivity index (χ0n) is 8.64. The molecule has 0 saturated carbocycles. The Bertz CT molecular complexity index is 527. The van der Waals surface area contributed by atoms with Crippen molar-refractivity contribution in [2.75, 3.05) is 0 Å². The van der Waals surface area contributed by atoms with Crippen molar-refractivity contribution in [3.8, 4) is 5.75 Å². The molecule has 0 saturated heterocycles. The van der Waals surface area contributed by atoms with Crippen LogP contribution in [0.1, 0.15) is 16.2 Å². The fourth-order valence-electron chi connectivity index (χ4n) is 1.23. The molecule has 7 heteroatoms. The normalized spacial score (nSPS) is 10.2. The molecule has 1 aromatic heterocycles. The van der Waals surface area contributed by atoms with Crippen molar-refractivity contribution in [1.29, 1.82) is 0 Å². The molecule has 88 valence electrons. The Morgan fingerprint density at radius 1 is 1.53 bits per heavy atom. The van der Waals surface area contributed by atoms with E-state index in [1.165, 1.54) is 24.5 Å². The molecule has 0 atom stereocenters. The van der Waals surface area contributed by atoms with Gasteiger partial charge in [0.2, 0.25) is 0 Å². The van der Waals surface area contributed by atoms with Gasteiger partial charge in [0.05, 0.1) is 11.6 Å². The number of aromatic nitrogens is 3. The van der Waals surface area contributed by atoms with Crippen LogP contribution in [0.3, 0.4) is 0 Å². The number of hydrogen-bond acceptors (Lipinski definition) is 4. The van der Waals surface area contributed by atoms with Gasteiger partial charge in [-0.05, 0) is 18.2 Å². The van der Waals surface area contributed by atoms with Gasteiger partial charge in [0.1, 0.15) is 17.9 Å². The number of phenolic OH excluding ortho intramolecular Hbond substituents is 1. The lowest BCUT2D eigenvalue weighted by atomic mass is 10.2. The molecule has 1 aromatic carbocycles. The third-order valence-corrected chi connectivity index (χ3v) is 2.39. The van der Waals surface area contributed by atoms with Crippen molar-refractivity contribution in [3.63, 3.8) is 0 Å². The van der Waals surface area contributed by atoms with Gasteiger partial charge in [-0.25, -0.2) is 4.98 Å². The minimum Gasteiger partial charge on any atom is -0.506 e. The summed E-state index contributed by atoms with van der Waals surface area (Å²) in [6, 6.07) is 4.25. The van der Waals surface area contributed by atoms with Crippen LogP contribution in [0.5, 0.6) is 5.75 Å². The van der Waals surface area contributed by atoms with Crippen LogP contribution >= 0.6 is 11.6 Å². The van der Waals surface area contributed by atoms with E-state index in [-0.39, 0.29) is 23.2 Å². The molecule has 0 spiro atoms. The molecule has 0 aliphatic carbocycles. The minimum atomic E-state index is -0.302. The fraction of sp³-hybridized carbons (Fsp3) is 0.100. The van der Waals surface area contributed by atoms with E-state index in [2.05, 4.69) is 20.5 Å². The van der Waals surface area contributed by atoms with Gasteiger partial charge >= 0.3 is 0 Å². The summed E-state index contributed by atoms with van der Waals surface area (Å²) in [5.41, 5.74) is 0.368. The zero-order valence-corrected chi connectivity index (χ0v) is 9.40. The lowest BCUT2D eigenvalue weighted by Crippen LogP contribution is -2.23. The third kappa shape index (κ3) is 2.73. The first-order chi connectivity index (χ1) is 8.16. The van der Waals surface area contributed by atoms with Crippen LogP contribution in [-0.4, -0.2) is 26.2 Å². The van der Waals surface area contributed by atoms with Gasteiger partial charge < -0.3 is 10.4 Å². The van der Waals surface area contributed by atoms with Crippen molar-refractivity contribution in [1.82, 2.24) is 20.5 Å². The molecule has 1 heterocycles. The van der Waals surface area contributed by atoms with Crippen LogP contribution in [0.15, 0.2) is 24.5 Å². The Morgan fingerprint density at radius 3 is 3.00 bits per heavy atom. The maximum absolute atomic E-state index is 11.7. The number of H-pyrrole nitrogens is 1. The van der Waals surface area contributed by atoms with E-state index in [1.807, 2.05) is 0 Å². The summed E-state index contributed by atoms with van der Waals surface area (Å²) >= 11 is 5.70. The van der Waals surface area contributed by atoms with Crippen molar-refractivity contribution in [3.05, 3.63) is 40.9 Å². The number of hydrogen-bond donors (Lipinski definition) is 3. The number of rotatable bonds is 3. The summed E-state index contributed by atoms with van der Waals surface area (Å²) in [5, 5.41) is 18.3. The van der Waals surface area contributed by atoms with E-state index in [9.17, 15) is 9.90 Å². The quantitative estimate of drug-likeness (QED) is 0.763. The Labute approximate surface area is 102 Å².